The molecule has 2 aromatic rings. The number of thiazole rings is 1. The predicted octanol–water partition coefficient (Wildman–Crippen LogP) is 1.78. The summed E-state index contributed by atoms with van der Waals surface area (Å²) in [6.45, 7) is 1.97. The van der Waals surface area contributed by atoms with Gasteiger partial charge in [0.1, 0.15) is 0 Å². The Kier molecular flexibility index (Phi) is 3.25. The minimum absolute atomic E-state index is 0.0252. The van der Waals surface area contributed by atoms with Crippen molar-refractivity contribution in [2.75, 3.05) is 13.1 Å². The zero-order valence-corrected chi connectivity index (χ0v) is 10.8. The minimum atomic E-state index is 0.0252. The maximum atomic E-state index is 12.1. The second kappa shape index (κ2) is 5.04. The molecule has 1 aliphatic heterocycles. The van der Waals surface area contributed by atoms with Crippen LogP contribution in [0.15, 0.2) is 23.7 Å². The normalized spacial score (nSPS) is 16.9. The van der Waals surface area contributed by atoms with E-state index in [1.54, 1.807) is 16.8 Å². The van der Waals surface area contributed by atoms with Crippen LogP contribution >= 0.6 is 11.3 Å². The van der Waals surface area contributed by atoms with Crippen molar-refractivity contribution < 1.29 is 4.79 Å². The van der Waals surface area contributed by atoms with Gasteiger partial charge < -0.3 is 10.6 Å². The van der Waals surface area contributed by atoms with Crippen LogP contribution in [0.5, 0.6) is 0 Å². The fraction of sp³-hybridized carbons (Fsp3) is 0.385. The van der Waals surface area contributed by atoms with Crippen molar-refractivity contribution >= 4 is 27.5 Å². The minimum Gasteiger partial charge on any atom is -0.349 e. The van der Waals surface area contributed by atoms with Crippen LogP contribution in [0.25, 0.3) is 10.2 Å². The average Bonchev–Trinajstić information content (AvgIpc) is 2.87. The zero-order chi connectivity index (χ0) is 12.4. The van der Waals surface area contributed by atoms with Crippen molar-refractivity contribution in [2.24, 2.45) is 0 Å². The van der Waals surface area contributed by atoms with Gasteiger partial charge in [0, 0.05) is 11.6 Å². The number of hydrogen-bond donors (Lipinski definition) is 2. The first-order valence-electron chi connectivity index (χ1n) is 6.18. The van der Waals surface area contributed by atoms with Gasteiger partial charge in [-0.15, -0.1) is 11.3 Å². The van der Waals surface area contributed by atoms with Gasteiger partial charge in [0.15, 0.2) is 0 Å². The zero-order valence-electron chi connectivity index (χ0n) is 9.98. The predicted molar refractivity (Wildman–Crippen MR) is 73.0 cm³/mol. The summed E-state index contributed by atoms with van der Waals surface area (Å²) in [5, 5.41) is 6.39. The van der Waals surface area contributed by atoms with E-state index in [1.165, 1.54) is 0 Å². The molecule has 2 heterocycles. The molecule has 4 nitrogen and oxygen atoms in total. The van der Waals surface area contributed by atoms with Crippen molar-refractivity contribution in [3.8, 4) is 0 Å². The molecule has 1 fully saturated rings. The lowest BCUT2D eigenvalue weighted by Gasteiger charge is -2.23. The molecule has 0 saturated carbocycles. The Bertz CT molecular complexity index is 560. The number of amides is 1. The fourth-order valence-electron chi connectivity index (χ4n) is 2.23. The summed E-state index contributed by atoms with van der Waals surface area (Å²) >= 11 is 1.56. The Labute approximate surface area is 109 Å². The first kappa shape index (κ1) is 11.6. The molecule has 0 spiro atoms. The highest BCUT2D eigenvalue weighted by molar-refractivity contribution is 7.16. The summed E-state index contributed by atoms with van der Waals surface area (Å²) in [6, 6.07) is 5.97. The third-order valence-corrected chi connectivity index (χ3v) is 4.06. The van der Waals surface area contributed by atoms with Gasteiger partial charge in [-0.25, -0.2) is 4.98 Å². The Hall–Kier alpha value is -1.46. The van der Waals surface area contributed by atoms with Gasteiger partial charge in [0.2, 0.25) is 0 Å². The highest BCUT2D eigenvalue weighted by Crippen LogP contribution is 2.19. The van der Waals surface area contributed by atoms with E-state index in [4.69, 9.17) is 0 Å². The topological polar surface area (TPSA) is 54.0 Å². The molecule has 1 amide bonds. The molecule has 3 rings (SSSR count). The van der Waals surface area contributed by atoms with Gasteiger partial charge in [-0.1, -0.05) is 0 Å². The van der Waals surface area contributed by atoms with E-state index in [9.17, 15) is 4.79 Å². The maximum Gasteiger partial charge on any atom is 0.251 e. The van der Waals surface area contributed by atoms with E-state index in [-0.39, 0.29) is 5.91 Å². The molecule has 1 saturated heterocycles. The molecule has 0 radical (unpaired) electrons. The number of rotatable bonds is 2. The number of hydrogen-bond acceptors (Lipinski definition) is 4. The highest BCUT2D eigenvalue weighted by atomic mass is 32.1. The summed E-state index contributed by atoms with van der Waals surface area (Å²) < 4.78 is 1.06. The Morgan fingerprint density at radius 1 is 1.39 bits per heavy atom. The molecular formula is C13H15N3OS. The first-order chi connectivity index (χ1) is 8.83. The number of nitrogens with zero attached hydrogens (tertiary/aromatic N) is 1. The molecule has 0 atom stereocenters. The standard InChI is InChI=1S/C13H15N3OS/c17-13(16-10-3-5-14-6-4-10)9-1-2-11-12(7-9)18-8-15-11/h1-2,7-8,10,14H,3-6H2,(H,16,17). The van der Waals surface area contributed by atoms with E-state index in [0.717, 1.165) is 41.7 Å². The lowest BCUT2D eigenvalue weighted by molar-refractivity contribution is 0.0929. The molecular weight excluding hydrogens is 246 g/mol. The Morgan fingerprint density at radius 2 is 2.22 bits per heavy atom. The van der Waals surface area contributed by atoms with E-state index < -0.39 is 0 Å². The van der Waals surface area contributed by atoms with Gasteiger partial charge in [0.05, 0.1) is 15.7 Å². The quantitative estimate of drug-likeness (QED) is 0.866. The molecule has 0 unspecified atom stereocenters. The van der Waals surface area contributed by atoms with Crippen LogP contribution in [0.3, 0.4) is 0 Å². The smallest absolute Gasteiger partial charge is 0.251 e. The largest absolute Gasteiger partial charge is 0.349 e. The van der Waals surface area contributed by atoms with Crippen molar-refractivity contribution in [1.82, 2.24) is 15.6 Å². The van der Waals surface area contributed by atoms with E-state index in [2.05, 4.69) is 15.6 Å². The van der Waals surface area contributed by atoms with Crippen LogP contribution < -0.4 is 10.6 Å². The molecule has 1 aliphatic rings. The summed E-state index contributed by atoms with van der Waals surface area (Å²) in [7, 11) is 0. The van der Waals surface area contributed by atoms with Gasteiger partial charge in [-0.2, -0.15) is 0 Å². The van der Waals surface area contributed by atoms with Crippen molar-refractivity contribution in [1.29, 1.82) is 0 Å². The fourth-order valence-corrected chi connectivity index (χ4v) is 2.95. The van der Waals surface area contributed by atoms with E-state index >= 15 is 0 Å². The highest BCUT2D eigenvalue weighted by Gasteiger charge is 2.16. The third kappa shape index (κ3) is 2.37. The number of nitrogens with one attached hydrogen (secondary N) is 2. The molecule has 0 bridgehead atoms. The van der Waals surface area contributed by atoms with Gasteiger partial charge in [-0.05, 0) is 44.1 Å². The van der Waals surface area contributed by atoms with Crippen LogP contribution in [0.2, 0.25) is 0 Å². The van der Waals surface area contributed by atoms with Crippen LogP contribution in [0, 0.1) is 0 Å². The second-order valence-electron chi connectivity index (χ2n) is 4.53. The first-order valence-corrected chi connectivity index (χ1v) is 7.06. The summed E-state index contributed by atoms with van der Waals surface area (Å²) in [5.74, 6) is 0.0252. The van der Waals surface area contributed by atoms with Crippen molar-refractivity contribution in [2.45, 2.75) is 18.9 Å². The number of benzene rings is 1. The molecule has 2 N–H and O–H groups in total. The third-order valence-electron chi connectivity index (χ3n) is 3.27. The summed E-state index contributed by atoms with van der Waals surface area (Å²) in [4.78, 5) is 16.3. The molecule has 0 aliphatic carbocycles. The number of fused-ring (bicyclic) bond motifs is 1. The molecule has 1 aromatic carbocycles. The maximum absolute atomic E-state index is 12.1. The van der Waals surface area contributed by atoms with Gasteiger partial charge >= 0.3 is 0 Å². The Balaban J connectivity index is 1.74. The molecule has 18 heavy (non-hydrogen) atoms. The average molecular weight is 261 g/mol. The number of aromatic nitrogens is 1. The van der Waals surface area contributed by atoms with E-state index in [1.807, 2.05) is 18.2 Å². The van der Waals surface area contributed by atoms with Crippen molar-refractivity contribution in [3.05, 3.63) is 29.3 Å². The van der Waals surface area contributed by atoms with Crippen LogP contribution in [-0.4, -0.2) is 30.0 Å². The van der Waals surface area contributed by atoms with Crippen LogP contribution in [0.4, 0.5) is 0 Å². The molecule has 1 aromatic heterocycles. The number of carbonyl (C=O) groups excluding carboxylic acids is 1. The van der Waals surface area contributed by atoms with E-state index in [0.29, 0.717) is 6.04 Å². The van der Waals surface area contributed by atoms with Gasteiger partial charge in [0.25, 0.3) is 5.91 Å². The summed E-state index contributed by atoms with van der Waals surface area (Å²) in [6.07, 6.45) is 2.02. The van der Waals surface area contributed by atoms with Crippen molar-refractivity contribution in [3.63, 3.8) is 0 Å². The lowest BCUT2D eigenvalue weighted by Crippen LogP contribution is -2.42. The van der Waals surface area contributed by atoms with Crippen LogP contribution in [0.1, 0.15) is 23.2 Å². The summed E-state index contributed by atoms with van der Waals surface area (Å²) in [5.41, 5.74) is 3.49. The monoisotopic (exact) mass is 261 g/mol. The van der Waals surface area contributed by atoms with Gasteiger partial charge in [-0.3, -0.25) is 4.79 Å². The molecule has 5 heteroatoms. The number of piperidine rings is 1. The SMILES string of the molecule is O=C(NC1CCNCC1)c1ccc2ncsc2c1. The van der Waals surface area contributed by atoms with Crippen LogP contribution in [-0.2, 0) is 0 Å². The second-order valence-corrected chi connectivity index (χ2v) is 5.42. The lowest BCUT2D eigenvalue weighted by atomic mass is 10.1. The number of carbonyl (C=O) groups is 1. The molecule has 94 valence electrons. The Morgan fingerprint density at radius 3 is 3.06 bits per heavy atom.